The van der Waals surface area contributed by atoms with E-state index in [2.05, 4.69) is 10.3 Å². The van der Waals surface area contributed by atoms with Gasteiger partial charge in [-0.2, -0.15) is 0 Å². The van der Waals surface area contributed by atoms with Crippen LogP contribution in [0.4, 0.5) is 5.69 Å². The molecule has 1 aromatic carbocycles. The lowest BCUT2D eigenvalue weighted by Crippen LogP contribution is -2.39. The fourth-order valence-corrected chi connectivity index (χ4v) is 2.38. The minimum absolute atomic E-state index is 0.221. The highest BCUT2D eigenvalue weighted by molar-refractivity contribution is 6.01. The Kier molecular flexibility index (Phi) is 2.67. The monoisotopic (exact) mass is 255 g/mol. The number of imide groups is 1. The number of amides is 2. The Labute approximate surface area is 109 Å². The van der Waals surface area contributed by atoms with Crippen LogP contribution in [0.3, 0.4) is 0 Å². The molecular weight excluding hydrogens is 242 g/mol. The number of hydrogen-bond donors (Lipinski definition) is 2. The zero-order valence-corrected chi connectivity index (χ0v) is 10.2. The number of carbonyl (C=O) groups is 2. The molecule has 1 aliphatic heterocycles. The molecule has 1 fully saturated rings. The molecule has 3 rings (SSSR count). The van der Waals surface area contributed by atoms with Crippen molar-refractivity contribution >= 4 is 28.3 Å². The average Bonchev–Trinajstić information content (AvgIpc) is 2.39. The second-order valence-electron chi connectivity index (χ2n) is 4.68. The van der Waals surface area contributed by atoms with Crippen LogP contribution < -0.4 is 11.1 Å². The van der Waals surface area contributed by atoms with E-state index in [1.54, 1.807) is 6.20 Å². The van der Waals surface area contributed by atoms with E-state index in [0.717, 1.165) is 10.8 Å². The molecule has 2 amide bonds. The van der Waals surface area contributed by atoms with Gasteiger partial charge in [0.25, 0.3) is 0 Å². The number of aromatic nitrogens is 1. The molecule has 0 spiro atoms. The number of nitrogens with zero attached hydrogens (tertiary/aromatic N) is 1. The summed E-state index contributed by atoms with van der Waals surface area (Å²) in [4.78, 5) is 27.3. The normalized spacial score (nSPS) is 19.5. The highest BCUT2D eigenvalue weighted by Gasteiger charge is 2.29. The van der Waals surface area contributed by atoms with Gasteiger partial charge in [0, 0.05) is 29.1 Å². The summed E-state index contributed by atoms with van der Waals surface area (Å²) in [5.41, 5.74) is 7.25. The largest absolute Gasteiger partial charge is 0.398 e. The predicted octanol–water partition coefficient (Wildman–Crippen LogP) is 1.34. The standard InChI is InChI=1S/C14H13N3O2/c15-11-3-1-2-8-7-16-12(6-10(8)11)9-4-5-13(18)17-14(9)19/h1-3,6-7,9H,4-5,15H2,(H,17,18,19). The van der Waals surface area contributed by atoms with Crippen molar-refractivity contribution in [1.29, 1.82) is 0 Å². The first kappa shape index (κ1) is 11.6. The average molecular weight is 255 g/mol. The van der Waals surface area contributed by atoms with E-state index in [0.29, 0.717) is 24.2 Å². The number of nitrogens with one attached hydrogen (secondary N) is 1. The van der Waals surface area contributed by atoms with Crippen LogP contribution in [0.15, 0.2) is 30.5 Å². The highest BCUT2D eigenvalue weighted by Crippen LogP contribution is 2.27. The molecule has 0 saturated carbocycles. The first-order valence-corrected chi connectivity index (χ1v) is 6.13. The van der Waals surface area contributed by atoms with Crippen LogP contribution in [0, 0.1) is 0 Å². The summed E-state index contributed by atoms with van der Waals surface area (Å²) < 4.78 is 0. The summed E-state index contributed by atoms with van der Waals surface area (Å²) >= 11 is 0. The molecule has 1 unspecified atom stereocenters. The van der Waals surface area contributed by atoms with Gasteiger partial charge in [0.05, 0.1) is 11.6 Å². The number of anilines is 1. The summed E-state index contributed by atoms with van der Waals surface area (Å²) in [5.74, 6) is -0.874. The molecule has 2 aromatic rings. The summed E-state index contributed by atoms with van der Waals surface area (Å²) in [7, 11) is 0. The number of hydrogen-bond acceptors (Lipinski definition) is 4. The maximum absolute atomic E-state index is 11.8. The van der Waals surface area contributed by atoms with Crippen molar-refractivity contribution in [3.05, 3.63) is 36.2 Å². The molecule has 19 heavy (non-hydrogen) atoms. The zero-order valence-electron chi connectivity index (χ0n) is 10.2. The number of benzene rings is 1. The van der Waals surface area contributed by atoms with E-state index in [9.17, 15) is 9.59 Å². The van der Waals surface area contributed by atoms with Crippen molar-refractivity contribution in [3.63, 3.8) is 0 Å². The molecule has 2 heterocycles. The third kappa shape index (κ3) is 2.03. The smallest absolute Gasteiger partial charge is 0.235 e. The van der Waals surface area contributed by atoms with Crippen LogP contribution in [0.1, 0.15) is 24.5 Å². The van der Waals surface area contributed by atoms with E-state index >= 15 is 0 Å². The second-order valence-corrected chi connectivity index (χ2v) is 4.68. The van der Waals surface area contributed by atoms with E-state index in [1.807, 2.05) is 24.3 Å². The first-order valence-electron chi connectivity index (χ1n) is 6.13. The summed E-state index contributed by atoms with van der Waals surface area (Å²) in [5, 5.41) is 4.17. The fraction of sp³-hybridized carbons (Fsp3) is 0.214. The van der Waals surface area contributed by atoms with Gasteiger partial charge in [0.15, 0.2) is 0 Å². The van der Waals surface area contributed by atoms with Crippen molar-refractivity contribution in [3.8, 4) is 0 Å². The van der Waals surface area contributed by atoms with E-state index in [1.165, 1.54) is 0 Å². The van der Waals surface area contributed by atoms with Crippen molar-refractivity contribution in [2.45, 2.75) is 18.8 Å². The molecule has 5 nitrogen and oxygen atoms in total. The number of nitrogens with two attached hydrogens (primary N) is 1. The Morgan fingerprint density at radius 3 is 2.95 bits per heavy atom. The number of fused-ring (bicyclic) bond motifs is 1. The number of rotatable bonds is 1. The Morgan fingerprint density at radius 2 is 2.16 bits per heavy atom. The third-order valence-corrected chi connectivity index (χ3v) is 3.41. The van der Waals surface area contributed by atoms with Gasteiger partial charge in [-0.15, -0.1) is 0 Å². The van der Waals surface area contributed by atoms with Gasteiger partial charge in [-0.05, 0) is 18.6 Å². The third-order valence-electron chi connectivity index (χ3n) is 3.41. The molecule has 5 heteroatoms. The topological polar surface area (TPSA) is 85.1 Å². The Bertz CT molecular complexity index is 681. The van der Waals surface area contributed by atoms with Crippen LogP contribution in [-0.4, -0.2) is 16.8 Å². The van der Waals surface area contributed by atoms with Gasteiger partial charge in [-0.1, -0.05) is 12.1 Å². The lowest BCUT2D eigenvalue weighted by molar-refractivity contribution is -0.134. The Morgan fingerprint density at radius 1 is 1.32 bits per heavy atom. The molecule has 1 aliphatic rings. The fourth-order valence-electron chi connectivity index (χ4n) is 2.38. The number of pyridine rings is 1. The molecule has 0 aliphatic carbocycles. The summed E-state index contributed by atoms with van der Waals surface area (Å²) in [6.45, 7) is 0. The van der Waals surface area contributed by atoms with Crippen molar-refractivity contribution in [2.24, 2.45) is 0 Å². The number of nitrogen functional groups attached to an aromatic ring is 1. The maximum Gasteiger partial charge on any atom is 0.235 e. The molecule has 1 saturated heterocycles. The molecule has 3 N–H and O–H groups in total. The highest BCUT2D eigenvalue weighted by atomic mass is 16.2. The number of piperidine rings is 1. The predicted molar refractivity (Wildman–Crippen MR) is 71.3 cm³/mol. The van der Waals surface area contributed by atoms with Crippen molar-refractivity contribution < 1.29 is 9.59 Å². The SMILES string of the molecule is Nc1cccc2cnc(C3CCC(=O)NC3=O)cc12. The molecular formula is C14H13N3O2. The first-order chi connectivity index (χ1) is 9.15. The van der Waals surface area contributed by atoms with Crippen LogP contribution in [0.25, 0.3) is 10.8 Å². The lowest BCUT2D eigenvalue weighted by atomic mass is 9.93. The van der Waals surface area contributed by atoms with Crippen LogP contribution in [-0.2, 0) is 9.59 Å². The van der Waals surface area contributed by atoms with E-state index < -0.39 is 0 Å². The maximum atomic E-state index is 11.8. The van der Waals surface area contributed by atoms with Gasteiger partial charge in [-0.3, -0.25) is 19.9 Å². The zero-order chi connectivity index (χ0) is 13.4. The van der Waals surface area contributed by atoms with E-state index in [-0.39, 0.29) is 17.7 Å². The molecule has 1 atom stereocenters. The van der Waals surface area contributed by atoms with Crippen molar-refractivity contribution in [1.82, 2.24) is 10.3 Å². The molecule has 0 radical (unpaired) electrons. The van der Waals surface area contributed by atoms with Gasteiger partial charge in [-0.25, -0.2) is 0 Å². The minimum atomic E-state index is -0.373. The Balaban J connectivity index is 2.04. The lowest BCUT2D eigenvalue weighted by Gasteiger charge is -2.20. The quantitative estimate of drug-likeness (QED) is 0.594. The van der Waals surface area contributed by atoms with Crippen LogP contribution in [0.5, 0.6) is 0 Å². The molecule has 1 aromatic heterocycles. The molecule has 96 valence electrons. The van der Waals surface area contributed by atoms with Crippen LogP contribution in [0.2, 0.25) is 0 Å². The van der Waals surface area contributed by atoms with Gasteiger partial charge in [0.1, 0.15) is 0 Å². The van der Waals surface area contributed by atoms with Gasteiger partial charge < -0.3 is 5.73 Å². The molecule has 0 bridgehead atoms. The summed E-state index contributed by atoms with van der Waals surface area (Å²) in [6, 6.07) is 7.44. The number of carbonyl (C=O) groups excluding carboxylic acids is 2. The Hall–Kier alpha value is -2.43. The summed E-state index contributed by atoms with van der Waals surface area (Å²) in [6.07, 6.45) is 2.56. The van der Waals surface area contributed by atoms with Crippen molar-refractivity contribution in [2.75, 3.05) is 5.73 Å². The van der Waals surface area contributed by atoms with E-state index in [4.69, 9.17) is 5.73 Å². The second kappa shape index (κ2) is 4.35. The minimum Gasteiger partial charge on any atom is -0.398 e. The van der Waals surface area contributed by atoms with Gasteiger partial charge >= 0.3 is 0 Å². The van der Waals surface area contributed by atoms with Crippen LogP contribution >= 0.6 is 0 Å². The van der Waals surface area contributed by atoms with Gasteiger partial charge in [0.2, 0.25) is 11.8 Å².